The second kappa shape index (κ2) is 12.9. The summed E-state index contributed by atoms with van der Waals surface area (Å²) < 4.78 is 5.70. The van der Waals surface area contributed by atoms with E-state index in [0.29, 0.717) is 17.0 Å². The van der Waals surface area contributed by atoms with Gasteiger partial charge in [0.1, 0.15) is 23.5 Å². The average molecular weight is 445 g/mol. The summed E-state index contributed by atoms with van der Waals surface area (Å²) in [7, 11) is 1.59. The molecule has 0 radical (unpaired) electrons. The van der Waals surface area contributed by atoms with E-state index < -0.39 is 0 Å². The molecule has 0 heterocycles. The molecule has 0 unspecified atom stereocenters. The lowest BCUT2D eigenvalue weighted by molar-refractivity contribution is -0.114. The first-order valence-corrected chi connectivity index (χ1v) is 11.3. The molecular formula is C27H32N4O2. The lowest BCUT2D eigenvalue weighted by Crippen LogP contribution is -2.20. The monoisotopic (exact) mass is 444 g/mol. The number of carbonyl (C=O) groups is 1. The number of methoxy groups -OCH3 is 1. The quantitative estimate of drug-likeness (QED) is 0.407. The van der Waals surface area contributed by atoms with Crippen molar-refractivity contribution in [1.29, 1.82) is 10.5 Å². The minimum Gasteiger partial charge on any atom is -0.495 e. The fraction of sp³-hybridized carbons (Fsp3) is 0.370. The van der Waals surface area contributed by atoms with Crippen LogP contribution in [0.2, 0.25) is 0 Å². The number of allylic oxidation sites excluding steroid dienone is 1. The average Bonchev–Trinajstić information content (AvgIpc) is 2.82. The normalized spacial score (nSPS) is 10.0. The van der Waals surface area contributed by atoms with Gasteiger partial charge in [0.15, 0.2) is 0 Å². The smallest absolute Gasteiger partial charge is 0.221 e. The zero-order valence-corrected chi connectivity index (χ0v) is 19.9. The summed E-state index contributed by atoms with van der Waals surface area (Å²) in [5, 5.41) is 21.2. The molecule has 33 heavy (non-hydrogen) atoms. The number of nitrogens with one attached hydrogen (secondary N) is 1. The van der Waals surface area contributed by atoms with Crippen molar-refractivity contribution in [2.75, 3.05) is 23.9 Å². The van der Waals surface area contributed by atoms with Crippen molar-refractivity contribution in [3.8, 4) is 17.9 Å². The Hall–Kier alpha value is -3.77. The number of carbonyl (C=O) groups excluding carboxylic acids is 1. The molecule has 6 heteroatoms. The minimum atomic E-state index is -0.239. The molecular weight excluding hydrogens is 412 g/mol. The van der Waals surface area contributed by atoms with Crippen LogP contribution in [0.25, 0.3) is 6.08 Å². The molecule has 172 valence electrons. The predicted octanol–water partition coefficient (Wildman–Crippen LogP) is 6.36. The van der Waals surface area contributed by atoms with E-state index in [1.807, 2.05) is 18.2 Å². The van der Waals surface area contributed by atoms with Gasteiger partial charge in [-0.2, -0.15) is 10.5 Å². The van der Waals surface area contributed by atoms with E-state index in [1.54, 1.807) is 13.2 Å². The van der Waals surface area contributed by atoms with E-state index in [1.165, 1.54) is 18.6 Å². The fourth-order valence-corrected chi connectivity index (χ4v) is 3.55. The number of aryl methyl sites for hydroxylation is 1. The van der Waals surface area contributed by atoms with E-state index in [2.05, 4.69) is 48.3 Å². The van der Waals surface area contributed by atoms with E-state index in [9.17, 15) is 15.3 Å². The first kappa shape index (κ1) is 25.5. The molecule has 1 N–H and O–H groups in total. The first-order valence-electron chi connectivity index (χ1n) is 11.3. The highest BCUT2D eigenvalue weighted by Crippen LogP contribution is 2.39. The summed E-state index contributed by atoms with van der Waals surface area (Å²) >= 11 is 0. The summed E-state index contributed by atoms with van der Waals surface area (Å²) in [5.41, 5.74) is 4.15. The van der Waals surface area contributed by atoms with Crippen molar-refractivity contribution in [3.63, 3.8) is 0 Å². The summed E-state index contributed by atoms with van der Waals surface area (Å²) in [6.45, 7) is 6.54. The molecule has 0 aromatic heterocycles. The number of nitrogens with zero attached hydrogens (tertiary/aromatic N) is 3. The van der Waals surface area contributed by atoms with Crippen LogP contribution in [0.3, 0.4) is 0 Å². The van der Waals surface area contributed by atoms with Crippen molar-refractivity contribution < 1.29 is 9.53 Å². The van der Waals surface area contributed by atoms with Crippen LogP contribution in [-0.4, -0.2) is 19.6 Å². The van der Waals surface area contributed by atoms with Gasteiger partial charge in [-0.25, -0.2) is 0 Å². The second-order valence-corrected chi connectivity index (χ2v) is 7.85. The number of benzene rings is 2. The number of amides is 1. The van der Waals surface area contributed by atoms with E-state index in [4.69, 9.17) is 4.74 Å². The molecule has 0 aliphatic carbocycles. The number of hydrogen-bond donors (Lipinski definition) is 1. The van der Waals surface area contributed by atoms with Gasteiger partial charge < -0.3 is 15.0 Å². The van der Waals surface area contributed by atoms with Crippen molar-refractivity contribution >= 4 is 29.0 Å². The van der Waals surface area contributed by atoms with Gasteiger partial charge in [-0.1, -0.05) is 38.8 Å². The maximum Gasteiger partial charge on any atom is 0.221 e. The Bertz CT molecular complexity index is 1040. The maximum atomic E-state index is 11.9. The Labute approximate surface area is 197 Å². The van der Waals surface area contributed by atoms with Crippen LogP contribution < -0.4 is 15.0 Å². The largest absolute Gasteiger partial charge is 0.495 e. The zero-order chi connectivity index (χ0) is 24.2. The predicted molar refractivity (Wildman–Crippen MR) is 133 cm³/mol. The Morgan fingerprint density at radius 3 is 2.30 bits per heavy atom. The molecule has 2 aromatic carbocycles. The van der Waals surface area contributed by atoms with Gasteiger partial charge in [0.25, 0.3) is 0 Å². The molecule has 0 fully saturated rings. The number of nitriles is 2. The number of ether oxygens (including phenoxy) is 1. The SMILES string of the molecule is CCCCc1ccc(N(CCCC)c2cc(NC(C)=O)c(C=C(C#N)C#N)cc2OC)cc1. The number of hydrogen-bond acceptors (Lipinski definition) is 5. The van der Waals surface area contributed by atoms with Gasteiger partial charge in [-0.15, -0.1) is 0 Å². The zero-order valence-electron chi connectivity index (χ0n) is 19.9. The third kappa shape index (κ3) is 7.12. The molecule has 2 rings (SSSR count). The molecule has 0 aliphatic heterocycles. The van der Waals surface area contributed by atoms with Crippen LogP contribution in [-0.2, 0) is 11.2 Å². The van der Waals surface area contributed by atoms with Crippen LogP contribution in [0, 0.1) is 22.7 Å². The molecule has 0 atom stereocenters. The van der Waals surface area contributed by atoms with Gasteiger partial charge in [0.05, 0.1) is 18.5 Å². The maximum absolute atomic E-state index is 11.9. The van der Waals surface area contributed by atoms with Crippen LogP contribution >= 0.6 is 0 Å². The molecule has 2 aromatic rings. The standard InChI is InChI=1S/C27H32N4O2/c1-5-7-9-21-10-12-24(13-11-21)31(14-8-6-2)26-17-25(30-20(3)32)23(16-27(26)33-4)15-22(18-28)19-29/h10-13,15-17H,5-9,14H2,1-4H3,(H,30,32). The van der Waals surface area contributed by atoms with E-state index >= 15 is 0 Å². The van der Waals surface area contributed by atoms with Crippen molar-refractivity contribution in [3.05, 3.63) is 53.1 Å². The first-order chi connectivity index (χ1) is 16.0. The van der Waals surface area contributed by atoms with Gasteiger partial charge >= 0.3 is 0 Å². The van der Waals surface area contributed by atoms with Crippen molar-refractivity contribution in [2.45, 2.75) is 52.9 Å². The summed E-state index contributed by atoms with van der Waals surface area (Å²) in [4.78, 5) is 14.1. The van der Waals surface area contributed by atoms with Crippen LogP contribution in [0.1, 0.15) is 57.6 Å². The third-order valence-electron chi connectivity index (χ3n) is 5.30. The lowest BCUT2D eigenvalue weighted by atomic mass is 10.0. The highest BCUT2D eigenvalue weighted by atomic mass is 16.5. The minimum absolute atomic E-state index is 0.0538. The Morgan fingerprint density at radius 1 is 1.09 bits per heavy atom. The van der Waals surface area contributed by atoms with Crippen molar-refractivity contribution in [2.24, 2.45) is 0 Å². The molecule has 1 amide bonds. The van der Waals surface area contributed by atoms with Crippen LogP contribution in [0.4, 0.5) is 17.1 Å². The molecule has 0 spiro atoms. The lowest BCUT2D eigenvalue weighted by Gasteiger charge is -2.28. The third-order valence-corrected chi connectivity index (χ3v) is 5.30. The Balaban J connectivity index is 2.62. The Kier molecular flexibility index (Phi) is 9.99. The summed E-state index contributed by atoms with van der Waals surface area (Å²) in [6.07, 6.45) is 6.84. The number of rotatable bonds is 11. The topological polar surface area (TPSA) is 89.2 Å². The molecule has 0 saturated heterocycles. The molecule has 0 bridgehead atoms. The second-order valence-electron chi connectivity index (χ2n) is 7.85. The van der Waals surface area contributed by atoms with Gasteiger partial charge in [0, 0.05) is 24.7 Å². The van der Waals surface area contributed by atoms with Gasteiger partial charge in [-0.05, 0) is 55.2 Å². The Morgan fingerprint density at radius 2 is 1.76 bits per heavy atom. The van der Waals surface area contributed by atoms with Crippen molar-refractivity contribution in [1.82, 2.24) is 0 Å². The molecule has 0 aliphatic rings. The van der Waals surface area contributed by atoms with E-state index in [0.717, 1.165) is 50.0 Å². The highest BCUT2D eigenvalue weighted by molar-refractivity contribution is 5.94. The number of unbranched alkanes of at least 4 members (excludes halogenated alkanes) is 2. The summed E-state index contributed by atoms with van der Waals surface area (Å²) in [6, 6.07) is 15.9. The van der Waals surface area contributed by atoms with E-state index in [-0.39, 0.29) is 11.5 Å². The van der Waals surface area contributed by atoms with Crippen LogP contribution in [0.5, 0.6) is 5.75 Å². The fourth-order valence-electron chi connectivity index (χ4n) is 3.55. The summed E-state index contributed by atoms with van der Waals surface area (Å²) in [5.74, 6) is 0.355. The highest BCUT2D eigenvalue weighted by Gasteiger charge is 2.18. The molecule has 0 saturated carbocycles. The molecule has 6 nitrogen and oxygen atoms in total. The van der Waals surface area contributed by atoms with Crippen LogP contribution in [0.15, 0.2) is 42.0 Å². The van der Waals surface area contributed by atoms with Gasteiger partial charge in [0.2, 0.25) is 5.91 Å². The number of anilines is 3. The van der Waals surface area contributed by atoms with Gasteiger partial charge in [-0.3, -0.25) is 4.79 Å².